The Kier molecular flexibility index (Phi) is 6.82. The number of aromatic nitrogens is 2. The number of carbonyl (C=O) groups excluding carboxylic acids is 2. The Labute approximate surface area is 186 Å². The fourth-order valence-electron chi connectivity index (χ4n) is 3.16. The van der Waals surface area contributed by atoms with Crippen molar-refractivity contribution >= 4 is 17.5 Å². The summed E-state index contributed by atoms with van der Waals surface area (Å²) in [4.78, 5) is 28.0. The number of aryl methyl sites for hydroxylation is 1. The van der Waals surface area contributed by atoms with Crippen molar-refractivity contribution in [2.45, 2.75) is 24.7 Å². The number of amides is 2. The molecule has 3 aromatic rings. The topological polar surface area (TPSA) is 96.2 Å². The Bertz CT molecular complexity index is 1160. The molecular formula is C22H20F4N4O3. The Hall–Kier alpha value is -3.73. The van der Waals surface area contributed by atoms with Gasteiger partial charge in [0.2, 0.25) is 11.5 Å². The van der Waals surface area contributed by atoms with Gasteiger partial charge in [-0.1, -0.05) is 18.2 Å². The summed E-state index contributed by atoms with van der Waals surface area (Å²) in [6.07, 6.45) is -4.09. The van der Waals surface area contributed by atoms with Crippen molar-refractivity contribution in [2.24, 2.45) is 7.05 Å². The number of rotatable bonds is 7. The maximum absolute atomic E-state index is 13.6. The number of aliphatic hydroxyl groups is 1. The third-order valence-electron chi connectivity index (χ3n) is 4.84. The molecule has 0 spiro atoms. The van der Waals surface area contributed by atoms with E-state index in [4.69, 9.17) is 0 Å². The maximum Gasteiger partial charge on any atom is 0.425 e. The molecule has 0 aliphatic rings. The molecule has 0 aliphatic heterocycles. The van der Waals surface area contributed by atoms with Crippen molar-refractivity contribution < 1.29 is 32.3 Å². The Balaban J connectivity index is 1.65. The van der Waals surface area contributed by atoms with Crippen molar-refractivity contribution in [3.05, 3.63) is 83.7 Å². The molecule has 0 aliphatic carbocycles. The molecule has 0 radical (unpaired) electrons. The monoisotopic (exact) mass is 464 g/mol. The van der Waals surface area contributed by atoms with Crippen LogP contribution in [0.15, 0.2) is 60.9 Å². The molecule has 3 N–H and O–H groups in total. The van der Waals surface area contributed by atoms with Gasteiger partial charge in [-0.25, -0.2) is 9.37 Å². The van der Waals surface area contributed by atoms with Gasteiger partial charge < -0.3 is 20.3 Å². The third-order valence-corrected chi connectivity index (χ3v) is 4.84. The van der Waals surface area contributed by atoms with Crippen LogP contribution in [0.3, 0.4) is 0 Å². The smallest absolute Gasteiger partial charge is 0.374 e. The van der Waals surface area contributed by atoms with Crippen LogP contribution in [-0.4, -0.2) is 32.6 Å². The Morgan fingerprint density at radius 2 is 1.85 bits per heavy atom. The normalized spacial score (nSPS) is 13.3. The molecule has 11 heteroatoms. The third kappa shape index (κ3) is 5.55. The van der Waals surface area contributed by atoms with Crippen molar-refractivity contribution in [3.63, 3.8) is 0 Å². The van der Waals surface area contributed by atoms with Gasteiger partial charge in [-0.05, 0) is 35.9 Å². The minimum absolute atomic E-state index is 0.106. The van der Waals surface area contributed by atoms with Crippen LogP contribution in [0.5, 0.6) is 0 Å². The number of nitrogens with zero attached hydrogens (tertiary/aromatic N) is 2. The number of carbonyl (C=O) groups is 2. The molecule has 0 saturated carbocycles. The molecule has 2 aromatic carbocycles. The zero-order valence-corrected chi connectivity index (χ0v) is 17.4. The van der Waals surface area contributed by atoms with Gasteiger partial charge in [-0.2, -0.15) is 13.2 Å². The molecule has 1 heterocycles. The molecule has 1 atom stereocenters. The number of hydrogen-bond acceptors (Lipinski definition) is 4. The highest BCUT2D eigenvalue weighted by molar-refractivity contribution is 6.04. The van der Waals surface area contributed by atoms with Crippen molar-refractivity contribution in [2.75, 3.05) is 5.32 Å². The average Bonchev–Trinajstić information content (AvgIpc) is 3.18. The van der Waals surface area contributed by atoms with E-state index in [-0.39, 0.29) is 12.1 Å². The number of imidazole rings is 1. The minimum Gasteiger partial charge on any atom is -0.374 e. The van der Waals surface area contributed by atoms with E-state index < -0.39 is 41.7 Å². The standard InChI is InChI=1S/C22H20F4N4O3/c1-30-9-8-27-20(30)21(33,22(24,25)26)12-18(31)28-13-14-4-2-7-17(10-14)29-19(32)15-5-3-6-16(23)11-15/h2-11,33H,12-13H2,1H3,(H,28,31)(H,29,32). The van der Waals surface area contributed by atoms with E-state index in [1.807, 2.05) is 0 Å². The lowest BCUT2D eigenvalue weighted by atomic mass is 9.97. The lowest BCUT2D eigenvalue weighted by Crippen LogP contribution is -2.47. The summed E-state index contributed by atoms with van der Waals surface area (Å²) in [6, 6.07) is 11.3. The van der Waals surface area contributed by atoms with E-state index in [1.165, 1.54) is 37.5 Å². The second kappa shape index (κ2) is 9.41. The van der Waals surface area contributed by atoms with Gasteiger partial charge in [-0.3, -0.25) is 9.59 Å². The zero-order chi connectivity index (χ0) is 24.2. The van der Waals surface area contributed by atoms with Crippen LogP contribution in [-0.2, 0) is 24.0 Å². The zero-order valence-electron chi connectivity index (χ0n) is 17.4. The van der Waals surface area contributed by atoms with Crippen LogP contribution in [0.4, 0.5) is 23.2 Å². The fraction of sp³-hybridized carbons (Fsp3) is 0.227. The van der Waals surface area contributed by atoms with Crippen molar-refractivity contribution in [1.29, 1.82) is 0 Å². The number of anilines is 1. The van der Waals surface area contributed by atoms with Gasteiger partial charge in [0.25, 0.3) is 5.91 Å². The Morgan fingerprint density at radius 3 is 2.48 bits per heavy atom. The van der Waals surface area contributed by atoms with Gasteiger partial charge in [0.05, 0.1) is 6.42 Å². The van der Waals surface area contributed by atoms with E-state index in [1.54, 1.807) is 18.2 Å². The van der Waals surface area contributed by atoms with Crippen LogP contribution in [0.25, 0.3) is 0 Å². The highest BCUT2D eigenvalue weighted by Crippen LogP contribution is 2.40. The SMILES string of the molecule is Cn1ccnc1C(O)(CC(=O)NCc1cccc(NC(=O)c2cccc(F)c2)c1)C(F)(F)F. The number of alkyl halides is 3. The van der Waals surface area contributed by atoms with E-state index in [0.29, 0.717) is 11.3 Å². The first-order valence-corrected chi connectivity index (χ1v) is 9.69. The summed E-state index contributed by atoms with van der Waals surface area (Å²) in [7, 11) is 1.28. The quantitative estimate of drug-likeness (QED) is 0.468. The van der Waals surface area contributed by atoms with Crippen LogP contribution in [0, 0.1) is 5.82 Å². The lowest BCUT2D eigenvalue weighted by Gasteiger charge is -2.29. The highest BCUT2D eigenvalue weighted by atomic mass is 19.4. The van der Waals surface area contributed by atoms with Gasteiger partial charge in [-0.15, -0.1) is 0 Å². The molecule has 7 nitrogen and oxygen atoms in total. The van der Waals surface area contributed by atoms with E-state index >= 15 is 0 Å². The summed E-state index contributed by atoms with van der Waals surface area (Å²) in [5, 5.41) is 15.2. The molecule has 3 rings (SSSR count). The van der Waals surface area contributed by atoms with E-state index in [2.05, 4.69) is 15.6 Å². The first kappa shape index (κ1) is 23.9. The predicted molar refractivity (Wildman–Crippen MR) is 110 cm³/mol. The van der Waals surface area contributed by atoms with Crippen LogP contribution in [0.2, 0.25) is 0 Å². The van der Waals surface area contributed by atoms with Crippen LogP contribution < -0.4 is 10.6 Å². The van der Waals surface area contributed by atoms with Crippen LogP contribution in [0.1, 0.15) is 28.2 Å². The van der Waals surface area contributed by atoms with Crippen LogP contribution >= 0.6 is 0 Å². The second-order valence-corrected chi connectivity index (χ2v) is 7.34. The summed E-state index contributed by atoms with van der Waals surface area (Å²) in [5.41, 5.74) is -2.53. The molecule has 0 bridgehead atoms. The molecule has 1 aromatic heterocycles. The largest absolute Gasteiger partial charge is 0.425 e. The lowest BCUT2D eigenvalue weighted by molar-refractivity contribution is -0.271. The molecule has 1 unspecified atom stereocenters. The first-order chi connectivity index (χ1) is 15.5. The predicted octanol–water partition coefficient (Wildman–Crippen LogP) is 3.27. The second-order valence-electron chi connectivity index (χ2n) is 7.34. The molecular weight excluding hydrogens is 444 g/mol. The summed E-state index contributed by atoms with van der Waals surface area (Å²) >= 11 is 0. The van der Waals surface area contributed by atoms with Crippen molar-refractivity contribution in [3.8, 4) is 0 Å². The van der Waals surface area contributed by atoms with Gasteiger partial charge in [0, 0.05) is 37.2 Å². The number of hydrogen-bond donors (Lipinski definition) is 3. The summed E-state index contributed by atoms with van der Waals surface area (Å²) in [5.74, 6) is -2.87. The molecule has 174 valence electrons. The summed E-state index contributed by atoms with van der Waals surface area (Å²) in [6.45, 7) is -0.156. The average molecular weight is 464 g/mol. The van der Waals surface area contributed by atoms with Crippen molar-refractivity contribution in [1.82, 2.24) is 14.9 Å². The van der Waals surface area contributed by atoms with E-state index in [9.17, 15) is 32.3 Å². The minimum atomic E-state index is -5.13. The number of benzene rings is 2. The molecule has 33 heavy (non-hydrogen) atoms. The Morgan fingerprint density at radius 1 is 1.12 bits per heavy atom. The number of nitrogens with one attached hydrogen (secondary N) is 2. The summed E-state index contributed by atoms with van der Waals surface area (Å²) < 4.78 is 55.0. The van der Waals surface area contributed by atoms with E-state index in [0.717, 1.165) is 16.8 Å². The molecule has 0 saturated heterocycles. The van der Waals surface area contributed by atoms with Gasteiger partial charge in [0.1, 0.15) is 5.82 Å². The first-order valence-electron chi connectivity index (χ1n) is 9.69. The molecule has 0 fully saturated rings. The maximum atomic E-state index is 13.6. The van der Waals surface area contributed by atoms with Gasteiger partial charge >= 0.3 is 6.18 Å². The highest BCUT2D eigenvalue weighted by Gasteiger charge is 2.58. The molecule has 2 amide bonds. The van der Waals surface area contributed by atoms with Gasteiger partial charge in [0.15, 0.2) is 5.82 Å². The fourth-order valence-corrected chi connectivity index (χ4v) is 3.16. The number of halogens is 4.